The van der Waals surface area contributed by atoms with E-state index in [-0.39, 0.29) is 5.97 Å². The molecular formula is C17H30N2O2. The van der Waals surface area contributed by atoms with Crippen LogP contribution in [0.3, 0.4) is 0 Å². The number of methoxy groups -OCH3 is 1. The molecule has 120 valence electrons. The molecule has 2 atom stereocenters. The van der Waals surface area contributed by atoms with Crippen LogP contribution in [0.1, 0.15) is 51.9 Å². The van der Waals surface area contributed by atoms with Gasteiger partial charge in [0.25, 0.3) is 0 Å². The molecule has 3 rings (SSSR count). The standard InChI is InChI=1S/C17H30N2O2/c1-3-18-17(16(20)21-2)9-8-15(10-17)19(11-13-4-5-13)12-14-6-7-14/h13-15,18H,3-12H2,1-2H3. The third kappa shape index (κ3) is 3.59. The predicted molar refractivity (Wildman–Crippen MR) is 83.1 cm³/mol. The van der Waals surface area contributed by atoms with Gasteiger partial charge < -0.3 is 10.1 Å². The zero-order valence-corrected chi connectivity index (χ0v) is 13.6. The van der Waals surface area contributed by atoms with Crippen LogP contribution in [0.15, 0.2) is 0 Å². The second-order valence-electron chi connectivity index (χ2n) is 7.34. The third-order valence-corrected chi connectivity index (χ3v) is 5.48. The molecular weight excluding hydrogens is 264 g/mol. The third-order valence-electron chi connectivity index (χ3n) is 5.48. The van der Waals surface area contributed by atoms with Crippen molar-refractivity contribution in [1.82, 2.24) is 10.2 Å². The van der Waals surface area contributed by atoms with Gasteiger partial charge in [0, 0.05) is 19.1 Å². The van der Waals surface area contributed by atoms with E-state index in [2.05, 4.69) is 17.1 Å². The van der Waals surface area contributed by atoms with Crippen LogP contribution in [0.4, 0.5) is 0 Å². The Morgan fingerprint density at radius 2 is 1.81 bits per heavy atom. The molecule has 2 unspecified atom stereocenters. The van der Waals surface area contributed by atoms with Gasteiger partial charge in [-0.05, 0) is 63.3 Å². The van der Waals surface area contributed by atoms with Gasteiger partial charge in [0.1, 0.15) is 5.54 Å². The van der Waals surface area contributed by atoms with Crippen LogP contribution in [-0.4, -0.2) is 49.2 Å². The lowest BCUT2D eigenvalue weighted by Gasteiger charge is -2.32. The number of rotatable bonds is 8. The summed E-state index contributed by atoms with van der Waals surface area (Å²) in [4.78, 5) is 15.0. The summed E-state index contributed by atoms with van der Waals surface area (Å²) in [6.45, 7) is 5.41. The van der Waals surface area contributed by atoms with Gasteiger partial charge in [-0.1, -0.05) is 6.92 Å². The number of hydrogen-bond donors (Lipinski definition) is 1. The Balaban J connectivity index is 1.64. The highest BCUT2D eigenvalue weighted by atomic mass is 16.5. The second kappa shape index (κ2) is 6.25. The summed E-state index contributed by atoms with van der Waals surface area (Å²) >= 11 is 0. The maximum atomic E-state index is 12.3. The van der Waals surface area contributed by atoms with E-state index >= 15 is 0 Å². The summed E-state index contributed by atoms with van der Waals surface area (Å²) in [5, 5.41) is 3.43. The summed E-state index contributed by atoms with van der Waals surface area (Å²) in [7, 11) is 1.51. The second-order valence-corrected chi connectivity index (χ2v) is 7.34. The van der Waals surface area contributed by atoms with Crippen molar-refractivity contribution < 1.29 is 9.53 Å². The number of nitrogens with zero attached hydrogens (tertiary/aromatic N) is 1. The summed E-state index contributed by atoms with van der Waals surface area (Å²) < 4.78 is 5.09. The molecule has 0 aliphatic heterocycles. The van der Waals surface area contributed by atoms with Gasteiger partial charge in [0.2, 0.25) is 0 Å². The lowest BCUT2D eigenvalue weighted by molar-refractivity contribution is -0.148. The smallest absolute Gasteiger partial charge is 0.326 e. The largest absolute Gasteiger partial charge is 0.468 e. The molecule has 0 amide bonds. The zero-order valence-electron chi connectivity index (χ0n) is 13.6. The number of ether oxygens (including phenoxy) is 1. The van der Waals surface area contributed by atoms with E-state index in [0.717, 1.165) is 37.6 Å². The van der Waals surface area contributed by atoms with Crippen molar-refractivity contribution in [3.63, 3.8) is 0 Å². The summed E-state index contributed by atoms with van der Waals surface area (Å²) in [5.74, 6) is 1.79. The first-order valence-corrected chi connectivity index (χ1v) is 8.74. The summed E-state index contributed by atoms with van der Waals surface area (Å²) in [6.07, 6.45) is 8.59. The minimum absolute atomic E-state index is 0.0651. The molecule has 0 spiro atoms. The Morgan fingerprint density at radius 3 is 2.29 bits per heavy atom. The molecule has 0 aromatic heterocycles. The summed E-state index contributed by atoms with van der Waals surface area (Å²) in [5.41, 5.74) is -0.431. The first-order valence-electron chi connectivity index (χ1n) is 8.74. The Morgan fingerprint density at radius 1 is 1.19 bits per heavy atom. The van der Waals surface area contributed by atoms with Gasteiger partial charge >= 0.3 is 5.97 Å². The molecule has 0 aromatic rings. The van der Waals surface area contributed by atoms with E-state index in [0.29, 0.717) is 6.04 Å². The molecule has 3 saturated carbocycles. The molecule has 4 nitrogen and oxygen atoms in total. The average Bonchev–Trinajstić information content (AvgIpc) is 3.40. The van der Waals surface area contributed by atoms with E-state index in [1.165, 1.54) is 45.9 Å². The van der Waals surface area contributed by atoms with Crippen molar-refractivity contribution in [2.24, 2.45) is 11.8 Å². The normalized spacial score (nSPS) is 32.6. The first-order chi connectivity index (χ1) is 10.2. The lowest BCUT2D eigenvalue weighted by Crippen LogP contribution is -2.52. The molecule has 3 fully saturated rings. The highest BCUT2D eigenvalue weighted by Crippen LogP contribution is 2.39. The number of nitrogens with one attached hydrogen (secondary N) is 1. The fraction of sp³-hybridized carbons (Fsp3) is 0.941. The van der Waals surface area contributed by atoms with Gasteiger partial charge in [-0.2, -0.15) is 0 Å². The highest BCUT2D eigenvalue weighted by Gasteiger charge is 2.48. The average molecular weight is 294 g/mol. The molecule has 4 heteroatoms. The zero-order chi connectivity index (χ0) is 14.9. The fourth-order valence-corrected chi connectivity index (χ4v) is 3.92. The highest BCUT2D eigenvalue weighted by molar-refractivity contribution is 5.81. The van der Waals surface area contributed by atoms with Gasteiger partial charge in [-0.3, -0.25) is 9.69 Å². The quantitative estimate of drug-likeness (QED) is 0.697. The molecule has 3 aliphatic rings. The Kier molecular flexibility index (Phi) is 4.55. The number of esters is 1. The van der Waals surface area contributed by atoms with Crippen molar-refractivity contribution in [2.75, 3.05) is 26.7 Å². The van der Waals surface area contributed by atoms with E-state index in [1.54, 1.807) is 0 Å². The van der Waals surface area contributed by atoms with Crippen LogP contribution < -0.4 is 5.32 Å². The molecule has 21 heavy (non-hydrogen) atoms. The topological polar surface area (TPSA) is 41.6 Å². The SMILES string of the molecule is CCNC1(C(=O)OC)CCC(N(CC2CC2)CC2CC2)C1. The van der Waals surface area contributed by atoms with Crippen molar-refractivity contribution in [3.05, 3.63) is 0 Å². The lowest BCUT2D eigenvalue weighted by atomic mass is 9.97. The monoisotopic (exact) mass is 294 g/mol. The van der Waals surface area contributed by atoms with Crippen LogP contribution in [0.5, 0.6) is 0 Å². The number of hydrogen-bond acceptors (Lipinski definition) is 4. The number of carbonyl (C=O) groups excluding carboxylic acids is 1. The van der Waals surface area contributed by atoms with Crippen LogP contribution in [0, 0.1) is 11.8 Å². The fourth-order valence-electron chi connectivity index (χ4n) is 3.92. The molecule has 3 aliphatic carbocycles. The van der Waals surface area contributed by atoms with Gasteiger partial charge in [-0.15, -0.1) is 0 Å². The van der Waals surface area contributed by atoms with Gasteiger partial charge in [0.05, 0.1) is 7.11 Å². The van der Waals surface area contributed by atoms with E-state index < -0.39 is 5.54 Å². The van der Waals surface area contributed by atoms with Crippen molar-refractivity contribution >= 4 is 5.97 Å². The van der Waals surface area contributed by atoms with E-state index in [4.69, 9.17) is 4.74 Å². The van der Waals surface area contributed by atoms with Crippen LogP contribution in [-0.2, 0) is 9.53 Å². The molecule has 0 saturated heterocycles. The number of carbonyl (C=O) groups is 1. The van der Waals surface area contributed by atoms with Crippen LogP contribution >= 0.6 is 0 Å². The molecule has 0 radical (unpaired) electrons. The maximum Gasteiger partial charge on any atom is 0.326 e. The Hall–Kier alpha value is -0.610. The van der Waals surface area contributed by atoms with Gasteiger partial charge in [-0.25, -0.2) is 0 Å². The Bertz CT molecular complexity index is 365. The predicted octanol–water partition coefficient (Wildman–Crippen LogP) is 2.18. The summed E-state index contributed by atoms with van der Waals surface area (Å²) in [6, 6.07) is 0.560. The van der Waals surface area contributed by atoms with Crippen LogP contribution in [0.25, 0.3) is 0 Å². The van der Waals surface area contributed by atoms with Crippen molar-refractivity contribution in [2.45, 2.75) is 63.5 Å². The number of likely N-dealkylation sites (N-methyl/N-ethyl adjacent to an activating group) is 1. The maximum absolute atomic E-state index is 12.3. The molecule has 0 heterocycles. The Labute approximate surface area is 128 Å². The van der Waals surface area contributed by atoms with E-state index in [1.807, 2.05) is 0 Å². The minimum Gasteiger partial charge on any atom is -0.468 e. The minimum atomic E-state index is -0.431. The van der Waals surface area contributed by atoms with E-state index in [9.17, 15) is 4.79 Å². The first kappa shape index (κ1) is 15.3. The molecule has 0 aromatic carbocycles. The van der Waals surface area contributed by atoms with Crippen molar-refractivity contribution in [3.8, 4) is 0 Å². The molecule has 0 bridgehead atoms. The van der Waals surface area contributed by atoms with Crippen molar-refractivity contribution in [1.29, 1.82) is 0 Å². The van der Waals surface area contributed by atoms with Crippen LogP contribution in [0.2, 0.25) is 0 Å². The molecule has 1 N–H and O–H groups in total. The van der Waals surface area contributed by atoms with Gasteiger partial charge in [0.15, 0.2) is 0 Å².